The Morgan fingerprint density at radius 2 is 1.68 bits per heavy atom. The highest BCUT2D eigenvalue weighted by atomic mass is 16.5. The van der Waals surface area contributed by atoms with Crippen LogP contribution in [0.15, 0.2) is 60.7 Å². The van der Waals surface area contributed by atoms with Crippen molar-refractivity contribution in [3.05, 3.63) is 66.2 Å². The van der Waals surface area contributed by atoms with Gasteiger partial charge < -0.3 is 20.1 Å². The molecule has 0 bridgehead atoms. The summed E-state index contributed by atoms with van der Waals surface area (Å²) >= 11 is 0. The molecule has 25 heavy (non-hydrogen) atoms. The van der Waals surface area contributed by atoms with Crippen LogP contribution in [0.3, 0.4) is 0 Å². The van der Waals surface area contributed by atoms with E-state index in [1.165, 1.54) is 0 Å². The molecule has 0 saturated heterocycles. The average Bonchev–Trinajstić information content (AvgIpc) is 2.64. The smallest absolute Gasteiger partial charge is 0.239 e. The zero-order chi connectivity index (χ0) is 18.1. The van der Waals surface area contributed by atoms with E-state index in [-0.39, 0.29) is 12.5 Å². The van der Waals surface area contributed by atoms with Gasteiger partial charge in [0.2, 0.25) is 5.91 Å². The van der Waals surface area contributed by atoms with Crippen LogP contribution in [-0.4, -0.2) is 26.2 Å². The number of anilines is 1. The standard InChI is InChI=1S/C20H24N2O3/c1-15(2)14-25-19-10-6-17(7-11-19)21-13-20(23)22-12-16-4-8-18(24-3)9-5-16/h4-11,21H,1,12-14H2,2-3H3,(H,22,23). The number of ether oxygens (including phenoxy) is 2. The molecule has 0 aliphatic rings. The third-order valence-electron chi connectivity index (χ3n) is 3.44. The fourth-order valence-electron chi connectivity index (χ4n) is 2.06. The normalized spacial score (nSPS) is 10.0. The van der Waals surface area contributed by atoms with Crippen molar-refractivity contribution in [2.45, 2.75) is 13.5 Å². The molecule has 132 valence electrons. The second kappa shape index (κ2) is 9.37. The molecule has 0 radical (unpaired) electrons. The molecule has 2 N–H and O–H groups in total. The first kappa shape index (κ1) is 18.4. The van der Waals surface area contributed by atoms with Crippen LogP contribution in [0, 0.1) is 0 Å². The van der Waals surface area contributed by atoms with Crippen LogP contribution in [0.2, 0.25) is 0 Å². The van der Waals surface area contributed by atoms with Gasteiger partial charge in [-0.3, -0.25) is 4.79 Å². The van der Waals surface area contributed by atoms with E-state index in [0.29, 0.717) is 13.2 Å². The Morgan fingerprint density at radius 1 is 1.04 bits per heavy atom. The summed E-state index contributed by atoms with van der Waals surface area (Å²) in [4.78, 5) is 11.9. The van der Waals surface area contributed by atoms with Gasteiger partial charge in [0.1, 0.15) is 18.1 Å². The van der Waals surface area contributed by atoms with Crippen LogP contribution in [0.4, 0.5) is 5.69 Å². The van der Waals surface area contributed by atoms with Crippen molar-refractivity contribution >= 4 is 11.6 Å². The zero-order valence-electron chi connectivity index (χ0n) is 14.7. The van der Waals surface area contributed by atoms with Crippen molar-refractivity contribution in [2.24, 2.45) is 0 Å². The summed E-state index contributed by atoms with van der Waals surface area (Å²) in [5.41, 5.74) is 2.85. The molecular formula is C20H24N2O3. The molecule has 2 rings (SSSR count). The van der Waals surface area contributed by atoms with Crippen molar-refractivity contribution in [3.8, 4) is 11.5 Å². The molecule has 0 aromatic heterocycles. The van der Waals surface area contributed by atoms with Crippen molar-refractivity contribution in [3.63, 3.8) is 0 Å². The lowest BCUT2D eigenvalue weighted by Gasteiger charge is -2.10. The quantitative estimate of drug-likeness (QED) is 0.687. The molecule has 0 spiro atoms. The first-order valence-corrected chi connectivity index (χ1v) is 8.07. The molecule has 0 heterocycles. The van der Waals surface area contributed by atoms with Gasteiger partial charge in [-0.1, -0.05) is 18.7 Å². The number of amides is 1. The van der Waals surface area contributed by atoms with E-state index in [0.717, 1.165) is 28.3 Å². The topological polar surface area (TPSA) is 59.6 Å². The van der Waals surface area contributed by atoms with Crippen molar-refractivity contribution in [1.29, 1.82) is 0 Å². The fraction of sp³-hybridized carbons (Fsp3) is 0.250. The summed E-state index contributed by atoms with van der Waals surface area (Å²) in [5, 5.41) is 5.96. The van der Waals surface area contributed by atoms with E-state index in [4.69, 9.17) is 9.47 Å². The molecule has 0 fully saturated rings. The van der Waals surface area contributed by atoms with Gasteiger partial charge in [0.15, 0.2) is 0 Å². The molecular weight excluding hydrogens is 316 g/mol. The number of hydrogen-bond donors (Lipinski definition) is 2. The van der Waals surface area contributed by atoms with Crippen LogP contribution < -0.4 is 20.1 Å². The molecule has 5 nitrogen and oxygen atoms in total. The second-order valence-corrected chi connectivity index (χ2v) is 5.75. The summed E-state index contributed by atoms with van der Waals surface area (Å²) in [6, 6.07) is 15.1. The van der Waals surface area contributed by atoms with Gasteiger partial charge in [-0.25, -0.2) is 0 Å². The maximum Gasteiger partial charge on any atom is 0.239 e. The van der Waals surface area contributed by atoms with Gasteiger partial charge in [0, 0.05) is 12.2 Å². The van der Waals surface area contributed by atoms with Gasteiger partial charge in [0.25, 0.3) is 0 Å². The predicted octanol–water partition coefficient (Wildman–Crippen LogP) is 3.38. The van der Waals surface area contributed by atoms with Crippen molar-refractivity contribution in [2.75, 3.05) is 25.6 Å². The second-order valence-electron chi connectivity index (χ2n) is 5.75. The zero-order valence-corrected chi connectivity index (χ0v) is 14.7. The number of rotatable bonds is 9. The highest BCUT2D eigenvalue weighted by Gasteiger charge is 2.02. The Morgan fingerprint density at radius 3 is 2.28 bits per heavy atom. The Labute approximate surface area is 148 Å². The third kappa shape index (κ3) is 6.59. The number of benzene rings is 2. The monoisotopic (exact) mass is 340 g/mol. The van der Waals surface area contributed by atoms with E-state index in [1.54, 1.807) is 7.11 Å². The lowest BCUT2D eigenvalue weighted by molar-refractivity contribution is -0.119. The molecule has 0 aliphatic carbocycles. The van der Waals surface area contributed by atoms with Crippen LogP contribution in [0.25, 0.3) is 0 Å². The van der Waals surface area contributed by atoms with Gasteiger partial charge >= 0.3 is 0 Å². The van der Waals surface area contributed by atoms with E-state index in [2.05, 4.69) is 17.2 Å². The largest absolute Gasteiger partial charge is 0.497 e. The fourth-order valence-corrected chi connectivity index (χ4v) is 2.06. The summed E-state index contributed by atoms with van der Waals surface area (Å²) in [6.07, 6.45) is 0. The van der Waals surface area contributed by atoms with Crippen LogP contribution >= 0.6 is 0 Å². The van der Waals surface area contributed by atoms with Crippen molar-refractivity contribution < 1.29 is 14.3 Å². The first-order valence-electron chi connectivity index (χ1n) is 8.07. The molecule has 2 aromatic carbocycles. The average molecular weight is 340 g/mol. The van der Waals surface area contributed by atoms with Crippen LogP contribution in [0.1, 0.15) is 12.5 Å². The van der Waals surface area contributed by atoms with Gasteiger partial charge in [0.05, 0.1) is 13.7 Å². The van der Waals surface area contributed by atoms with Crippen LogP contribution in [-0.2, 0) is 11.3 Å². The van der Waals surface area contributed by atoms with Crippen molar-refractivity contribution in [1.82, 2.24) is 5.32 Å². The lowest BCUT2D eigenvalue weighted by atomic mass is 10.2. The minimum Gasteiger partial charge on any atom is -0.497 e. The SMILES string of the molecule is C=C(C)COc1ccc(NCC(=O)NCc2ccc(OC)cc2)cc1. The lowest BCUT2D eigenvalue weighted by Crippen LogP contribution is -2.29. The molecule has 0 unspecified atom stereocenters. The predicted molar refractivity (Wildman–Crippen MR) is 100 cm³/mol. The maximum absolute atomic E-state index is 11.9. The van der Waals surface area contributed by atoms with E-state index in [1.807, 2.05) is 55.5 Å². The molecule has 5 heteroatoms. The first-order chi connectivity index (χ1) is 12.1. The molecule has 0 aliphatic heterocycles. The highest BCUT2D eigenvalue weighted by Crippen LogP contribution is 2.16. The maximum atomic E-state index is 11.9. The Balaban J connectivity index is 1.72. The number of carbonyl (C=O) groups excluding carboxylic acids is 1. The van der Waals surface area contributed by atoms with Crippen LogP contribution in [0.5, 0.6) is 11.5 Å². The molecule has 0 atom stereocenters. The summed E-state index contributed by atoms with van der Waals surface area (Å²) in [6.45, 7) is 6.91. The minimum absolute atomic E-state index is 0.0709. The van der Waals surface area contributed by atoms with E-state index < -0.39 is 0 Å². The molecule has 1 amide bonds. The Hall–Kier alpha value is -2.95. The number of carbonyl (C=O) groups is 1. The number of hydrogen-bond acceptors (Lipinski definition) is 4. The van der Waals surface area contributed by atoms with E-state index in [9.17, 15) is 4.79 Å². The third-order valence-corrected chi connectivity index (χ3v) is 3.44. The number of methoxy groups -OCH3 is 1. The van der Waals surface area contributed by atoms with E-state index >= 15 is 0 Å². The summed E-state index contributed by atoms with van der Waals surface area (Å²) in [5.74, 6) is 1.50. The summed E-state index contributed by atoms with van der Waals surface area (Å²) < 4.78 is 10.6. The molecule has 0 saturated carbocycles. The van der Waals surface area contributed by atoms with Gasteiger partial charge in [-0.15, -0.1) is 0 Å². The highest BCUT2D eigenvalue weighted by molar-refractivity contribution is 5.80. The molecule has 2 aromatic rings. The Bertz CT molecular complexity index is 694. The minimum atomic E-state index is -0.0709. The Kier molecular flexibility index (Phi) is 6.89. The number of nitrogens with one attached hydrogen (secondary N) is 2. The summed E-state index contributed by atoms with van der Waals surface area (Å²) in [7, 11) is 1.63. The van der Waals surface area contributed by atoms with Gasteiger partial charge in [-0.2, -0.15) is 0 Å². The van der Waals surface area contributed by atoms with Gasteiger partial charge in [-0.05, 0) is 54.5 Å².